The number of amidine groups is 1. The third-order valence-corrected chi connectivity index (χ3v) is 3.08. The normalized spacial score (nSPS) is 14.7. The van der Waals surface area contributed by atoms with Crippen LogP contribution in [0.5, 0.6) is 0 Å². The van der Waals surface area contributed by atoms with Gasteiger partial charge >= 0.3 is 0 Å². The molecule has 0 saturated heterocycles. The molecule has 0 unspecified atom stereocenters. The Morgan fingerprint density at radius 2 is 1.85 bits per heavy atom. The number of hydrazone groups is 1. The molecule has 0 bridgehead atoms. The molecule has 3 rings (SSSR count). The van der Waals surface area contributed by atoms with Crippen LogP contribution in [0, 0.1) is 0 Å². The molecule has 0 radical (unpaired) electrons. The molecule has 1 aliphatic rings. The molecule has 0 saturated carbocycles. The molecule has 0 fully saturated rings. The van der Waals surface area contributed by atoms with Gasteiger partial charge in [0.2, 0.25) is 0 Å². The molecule has 0 spiro atoms. The van der Waals surface area contributed by atoms with Crippen molar-refractivity contribution in [3.63, 3.8) is 0 Å². The fourth-order valence-corrected chi connectivity index (χ4v) is 2.15. The Bertz CT molecular complexity index is 625. The van der Waals surface area contributed by atoms with Crippen LogP contribution in [0.1, 0.15) is 11.1 Å². The molecule has 1 aromatic heterocycles. The summed E-state index contributed by atoms with van der Waals surface area (Å²) < 4.78 is 0. The zero-order valence-electron chi connectivity index (χ0n) is 10.9. The van der Waals surface area contributed by atoms with E-state index in [9.17, 15) is 4.79 Å². The predicted octanol–water partition coefficient (Wildman–Crippen LogP) is 1.38. The van der Waals surface area contributed by atoms with Crippen molar-refractivity contribution >= 4 is 11.7 Å². The SMILES string of the molecule is O=C1CN(Cc2ccccc2)C(c2ccncc2)=NN1. The van der Waals surface area contributed by atoms with Crippen LogP contribution in [0.3, 0.4) is 0 Å². The Labute approximate surface area is 116 Å². The topological polar surface area (TPSA) is 57.6 Å². The molecule has 1 aromatic carbocycles. The smallest absolute Gasteiger partial charge is 0.259 e. The number of hydrogen-bond acceptors (Lipinski definition) is 4. The second-order valence-electron chi connectivity index (χ2n) is 4.55. The average molecular weight is 266 g/mol. The monoisotopic (exact) mass is 266 g/mol. The van der Waals surface area contributed by atoms with Crippen LogP contribution in [0.2, 0.25) is 0 Å². The second kappa shape index (κ2) is 5.52. The van der Waals surface area contributed by atoms with Gasteiger partial charge in [-0.1, -0.05) is 30.3 Å². The zero-order chi connectivity index (χ0) is 13.8. The van der Waals surface area contributed by atoms with Gasteiger partial charge in [0.1, 0.15) is 6.54 Å². The van der Waals surface area contributed by atoms with Crippen molar-refractivity contribution < 1.29 is 4.79 Å². The van der Waals surface area contributed by atoms with Crippen LogP contribution in [-0.4, -0.2) is 28.2 Å². The van der Waals surface area contributed by atoms with Gasteiger partial charge in [-0.15, -0.1) is 0 Å². The minimum absolute atomic E-state index is 0.0984. The lowest BCUT2D eigenvalue weighted by molar-refractivity contribution is -0.122. The fourth-order valence-electron chi connectivity index (χ4n) is 2.15. The Kier molecular flexibility index (Phi) is 3.41. The minimum Gasteiger partial charge on any atom is -0.341 e. The first kappa shape index (κ1) is 12.3. The summed E-state index contributed by atoms with van der Waals surface area (Å²) in [4.78, 5) is 17.5. The summed E-state index contributed by atoms with van der Waals surface area (Å²) in [6, 6.07) is 13.8. The van der Waals surface area contributed by atoms with Crippen LogP contribution < -0.4 is 5.43 Å². The van der Waals surface area contributed by atoms with E-state index in [4.69, 9.17) is 0 Å². The van der Waals surface area contributed by atoms with Gasteiger partial charge in [-0.05, 0) is 17.7 Å². The highest BCUT2D eigenvalue weighted by atomic mass is 16.2. The van der Waals surface area contributed by atoms with Gasteiger partial charge in [-0.2, -0.15) is 5.10 Å². The van der Waals surface area contributed by atoms with Crippen molar-refractivity contribution in [1.29, 1.82) is 0 Å². The molecule has 1 N–H and O–H groups in total. The number of hydrogen-bond donors (Lipinski definition) is 1. The van der Waals surface area contributed by atoms with Gasteiger partial charge < -0.3 is 4.90 Å². The molecule has 0 atom stereocenters. The summed E-state index contributed by atoms with van der Waals surface area (Å²) in [5.74, 6) is 0.662. The molecule has 100 valence electrons. The third kappa shape index (κ3) is 2.66. The van der Waals surface area contributed by atoms with Gasteiger partial charge in [0, 0.05) is 24.5 Å². The molecular formula is C15H14N4O. The summed E-state index contributed by atoms with van der Waals surface area (Å²) >= 11 is 0. The Morgan fingerprint density at radius 3 is 2.60 bits per heavy atom. The van der Waals surface area contributed by atoms with E-state index in [1.807, 2.05) is 47.4 Å². The summed E-state index contributed by atoms with van der Waals surface area (Å²) in [5, 5.41) is 4.17. The van der Waals surface area contributed by atoms with Gasteiger partial charge in [-0.25, -0.2) is 5.43 Å². The van der Waals surface area contributed by atoms with Crippen LogP contribution >= 0.6 is 0 Å². The highest BCUT2D eigenvalue weighted by Crippen LogP contribution is 2.12. The van der Waals surface area contributed by atoms with E-state index in [-0.39, 0.29) is 5.91 Å². The average Bonchev–Trinajstić information content (AvgIpc) is 2.49. The van der Waals surface area contributed by atoms with Crippen LogP contribution in [0.25, 0.3) is 0 Å². The van der Waals surface area contributed by atoms with E-state index >= 15 is 0 Å². The molecular weight excluding hydrogens is 252 g/mol. The maximum atomic E-state index is 11.6. The lowest BCUT2D eigenvalue weighted by Gasteiger charge is -2.28. The van der Waals surface area contributed by atoms with Gasteiger partial charge in [0.15, 0.2) is 5.84 Å². The minimum atomic E-state index is -0.0984. The first-order valence-electron chi connectivity index (χ1n) is 6.39. The lowest BCUT2D eigenvalue weighted by Crippen LogP contribution is -2.45. The van der Waals surface area contributed by atoms with E-state index < -0.39 is 0 Å². The number of carbonyl (C=O) groups is 1. The Balaban J connectivity index is 1.88. The second-order valence-corrected chi connectivity index (χ2v) is 4.55. The number of amides is 1. The summed E-state index contributed by atoms with van der Waals surface area (Å²) in [5.41, 5.74) is 4.62. The van der Waals surface area contributed by atoms with E-state index in [1.54, 1.807) is 12.4 Å². The lowest BCUT2D eigenvalue weighted by atomic mass is 10.1. The van der Waals surface area contributed by atoms with Crippen molar-refractivity contribution in [2.75, 3.05) is 6.54 Å². The fraction of sp³-hybridized carbons (Fsp3) is 0.133. The third-order valence-electron chi connectivity index (χ3n) is 3.08. The first-order valence-corrected chi connectivity index (χ1v) is 6.39. The van der Waals surface area contributed by atoms with Crippen molar-refractivity contribution in [2.45, 2.75) is 6.54 Å². The number of nitrogens with one attached hydrogen (secondary N) is 1. The van der Waals surface area contributed by atoms with Crippen LogP contribution in [0.15, 0.2) is 60.0 Å². The zero-order valence-corrected chi connectivity index (χ0v) is 10.9. The number of pyridine rings is 1. The molecule has 0 aliphatic carbocycles. The largest absolute Gasteiger partial charge is 0.341 e. The number of nitrogens with zero attached hydrogens (tertiary/aromatic N) is 3. The summed E-state index contributed by atoms with van der Waals surface area (Å²) in [6.07, 6.45) is 3.43. The number of rotatable bonds is 3. The summed E-state index contributed by atoms with van der Waals surface area (Å²) in [7, 11) is 0. The number of carbonyl (C=O) groups excluding carboxylic acids is 1. The summed E-state index contributed by atoms with van der Waals surface area (Å²) in [6.45, 7) is 0.950. The van der Waals surface area contributed by atoms with Crippen LogP contribution in [-0.2, 0) is 11.3 Å². The van der Waals surface area contributed by atoms with E-state index in [2.05, 4.69) is 15.5 Å². The van der Waals surface area contributed by atoms with Gasteiger partial charge in [0.25, 0.3) is 5.91 Å². The predicted molar refractivity (Wildman–Crippen MR) is 75.8 cm³/mol. The van der Waals surface area contributed by atoms with Gasteiger partial charge in [0.05, 0.1) is 0 Å². The van der Waals surface area contributed by atoms with E-state index in [1.165, 1.54) is 0 Å². The van der Waals surface area contributed by atoms with Crippen molar-refractivity contribution in [1.82, 2.24) is 15.3 Å². The van der Waals surface area contributed by atoms with Gasteiger partial charge in [-0.3, -0.25) is 9.78 Å². The molecule has 20 heavy (non-hydrogen) atoms. The van der Waals surface area contributed by atoms with Crippen molar-refractivity contribution in [3.05, 3.63) is 66.0 Å². The van der Waals surface area contributed by atoms with E-state index in [0.717, 1.165) is 17.0 Å². The maximum Gasteiger partial charge on any atom is 0.259 e. The first-order chi connectivity index (χ1) is 9.83. The maximum absolute atomic E-state index is 11.6. The quantitative estimate of drug-likeness (QED) is 0.913. The highest BCUT2D eigenvalue weighted by molar-refractivity contribution is 6.02. The molecule has 2 heterocycles. The standard InChI is InChI=1S/C15H14N4O/c20-14-11-19(10-12-4-2-1-3-5-12)15(18-17-14)13-6-8-16-9-7-13/h1-9H,10-11H2,(H,17,20). The number of aromatic nitrogens is 1. The Hall–Kier alpha value is -2.69. The Morgan fingerprint density at radius 1 is 1.10 bits per heavy atom. The number of benzene rings is 1. The van der Waals surface area contributed by atoms with E-state index in [0.29, 0.717) is 13.1 Å². The molecule has 5 heteroatoms. The molecule has 1 aliphatic heterocycles. The molecule has 2 aromatic rings. The highest BCUT2D eigenvalue weighted by Gasteiger charge is 2.21. The van der Waals surface area contributed by atoms with Crippen LogP contribution in [0.4, 0.5) is 0 Å². The van der Waals surface area contributed by atoms with Crippen molar-refractivity contribution in [3.8, 4) is 0 Å². The van der Waals surface area contributed by atoms with Crippen molar-refractivity contribution in [2.24, 2.45) is 5.10 Å². The molecule has 5 nitrogen and oxygen atoms in total. The molecule has 1 amide bonds.